The van der Waals surface area contributed by atoms with E-state index < -0.39 is 0 Å². The summed E-state index contributed by atoms with van der Waals surface area (Å²) in [5.41, 5.74) is 1.87. The molecule has 2 fully saturated rings. The molecule has 0 N–H and O–H groups in total. The summed E-state index contributed by atoms with van der Waals surface area (Å²) in [7, 11) is 0. The zero-order valence-electron chi connectivity index (χ0n) is 13.0. The Labute approximate surface area is 132 Å². The van der Waals surface area contributed by atoms with Crippen LogP contribution in [0.1, 0.15) is 36.8 Å². The summed E-state index contributed by atoms with van der Waals surface area (Å²) in [4.78, 5) is 2.40. The molecular formula is C18H24N2O2. The molecule has 1 aromatic carbocycles. The van der Waals surface area contributed by atoms with E-state index in [1.807, 2.05) is 18.2 Å². The predicted octanol–water partition coefficient (Wildman–Crippen LogP) is 2.72. The topological polar surface area (TPSA) is 45.5 Å². The van der Waals surface area contributed by atoms with Crippen molar-refractivity contribution in [2.45, 2.75) is 44.4 Å². The minimum Gasteiger partial charge on any atom is -0.377 e. The lowest BCUT2D eigenvalue weighted by molar-refractivity contribution is 0.0345. The average molecular weight is 300 g/mol. The highest BCUT2D eigenvalue weighted by atomic mass is 16.5. The molecule has 118 valence electrons. The third kappa shape index (κ3) is 4.07. The predicted molar refractivity (Wildman–Crippen MR) is 84.4 cm³/mol. The van der Waals surface area contributed by atoms with Gasteiger partial charge in [-0.3, -0.25) is 4.90 Å². The molecule has 2 heterocycles. The molecule has 0 bridgehead atoms. The van der Waals surface area contributed by atoms with Gasteiger partial charge in [0.25, 0.3) is 0 Å². The van der Waals surface area contributed by atoms with Gasteiger partial charge in [0, 0.05) is 32.8 Å². The van der Waals surface area contributed by atoms with Crippen molar-refractivity contribution in [3.8, 4) is 6.07 Å². The van der Waals surface area contributed by atoms with Crippen LogP contribution in [0.15, 0.2) is 24.3 Å². The number of rotatable bonds is 6. The normalized spacial score (nSPS) is 24.7. The van der Waals surface area contributed by atoms with Crippen LogP contribution < -0.4 is 0 Å². The minimum absolute atomic E-state index is 0.329. The third-order valence-electron chi connectivity index (χ3n) is 4.50. The molecule has 4 nitrogen and oxygen atoms in total. The maximum Gasteiger partial charge on any atom is 0.0995 e. The SMILES string of the molecule is N#Cc1ccccc1CN(C[C@H]1CCCO1)C[C@@H]1CCCO1. The Kier molecular flexibility index (Phi) is 5.44. The largest absolute Gasteiger partial charge is 0.377 e. The van der Waals surface area contributed by atoms with Crippen LogP contribution in [0.4, 0.5) is 0 Å². The smallest absolute Gasteiger partial charge is 0.0995 e. The Hall–Kier alpha value is -1.41. The van der Waals surface area contributed by atoms with Gasteiger partial charge in [-0.25, -0.2) is 0 Å². The van der Waals surface area contributed by atoms with Crippen molar-refractivity contribution in [2.75, 3.05) is 26.3 Å². The number of nitrogens with zero attached hydrogens (tertiary/aromatic N) is 2. The van der Waals surface area contributed by atoms with Crippen molar-refractivity contribution in [3.05, 3.63) is 35.4 Å². The highest BCUT2D eigenvalue weighted by Crippen LogP contribution is 2.20. The van der Waals surface area contributed by atoms with Crippen LogP contribution in [0.2, 0.25) is 0 Å². The van der Waals surface area contributed by atoms with Gasteiger partial charge >= 0.3 is 0 Å². The molecule has 0 saturated carbocycles. The van der Waals surface area contributed by atoms with E-state index in [0.717, 1.165) is 69.7 Å². The fraction of sp³-hybridized carbons (Fsp3) is 0.611. The van der Waals surface area contributed by atoms with E-state index in [4.69, 9.17) is 9.47 Å². The van der Waals surface area contributed by atoms with Crippen LogP contribution in [-0.4, -0.2) is 43.4 Å². The average Bonchev–Trinajstić information content (AvgIpc) is 3.21. The molecule has 2 aliphatic rings. The van der Waals surface area contributed by atoms with Crippen LogP contribution in [0.25, 0.3) is 0 Å². The van der Waals surface area contributed by atoms with Crippen LogP contribution >= 0.6 is 0 Å². The first-order valence-electron chi connectivity index (χ1n) is 8.28. The van der Waals surface area contributed by atoms with Crippen molar-refractivity contribution in [2.24, 2.45) is 0 Å². The van der Waals surface area contributed by atoms with Crippen molar-refractivity contribution in [1.82, 2.24) is 4.90 Å². The van der Waals surface area contributed by atoms with Crippen molar-refractivity contribution in [3.63, 3.8) is 0 Å². The molecule has 3 rings (SSSR count). The molecule has 4 heteroatoms. The molecule has 0 amide bonds. The highest BCUT2D eigenvalue weighted by Gasteiger charge is 2.24. The lowest BCUT2D eigenvalue weighted by atomic mass is 10.1. The fourth-order valence-corrected chi connectivity index (χ4v) is 3.36. The van der Waals surface area contributed by atoms with E-state index >= 15 is 0 Å². The number of ether oxygens (including phenoxy) is 2. The quantitative estimate of drug-likeness (QED) is 0.810. The molecule has 0 unspecified atom stereocenters. The van der Waals surface area contributed by atoms with Crippen molar-refractivity contribution in [1.29, 1.82) is 5.26 Å². The van der Waals surface area contributed by atoms with E-state index in [0.29, 0.717) is 12.2 Å². The molecule has 0 aromatic heterocycles. The van der Waals surface area contributed by atoms with Gasteiger partial charge in [0.1, 0.15) is 0 Å². The molecule has 22 heavy (non-hydrogen) atoms. The van der Waals surface area contributed by atoms with E-state index in [1.165, 1.54) is 0 Å². The van der Waals surface area contributed by atoms with Gasteiger partial charge in [0.05, 0.1) is 23.8 Å². The molecule has 2 aliphatic heterocycles. The Balaban J connectivity index is 1.67. The monoisotopic (exact) mass is 300 g/mol. The van der Waals surface area contributed by atoms with E-state index in [-0.39, 0.29) is 0 Å². The Morgan fingerprint density at radius 2 is 1.68 bits per heavy atom. The summed E-state index contributed by atoms with van der Waals surface area (Å²) in [5, 5.41) is 9.28. The molecule has 0 spiro atoms. The van der Waals surface area contributed by atoms with Gasteiger partial charge in [-0.1, -0.05) is 18.2 Å². The molecular weight excluding hydrogens is 276 g/mol. The minimum atomic E-state index is 0.329. The summed E-state index contributed by atoms with van der Waals surface area (Å²) < 4.78 is 11.6. The molecule has 2 saturated heterocycles. The molecule has 0 aliphatic carbocycles. The van der Waals surface area contributed by atoms with Gasteiger partial charge in [-0.15, -0.1) is 0 Å². The Bertz CT molecular complexity index is 496. The number of benzene rings is 1. The summed E-state index contributed by atoms with van der Waals surface area (Å²) in [6, 6.07) is 10.2. The van der Waals surface area contributed by atoms with Gasteiger partial charge in [-0.2, -0.15) is 5.26 Å². The van der Waals surface area contributed by atoms with Gasteiger partial charge in [0.15, 0.2) is 0 Å². The second-order valence-corrected chi connectivity index (χ2v) is 6.23. The summed E-state index contributed by atoms with van der Waals surface area (Å²) in [5.74, 6) is 0. The summed E-state index contributed by atoms with van der Waals surface area (Å²) in [6.07, 6.45) is 5.26. The third-order valence-corrected chi connectivity index (χ3v) is 4.50. The van der Waals surface area contributed by atoms with E-state index in [9.17, 15) is 5.26 Å². The standard InChI is InChI=1S/C18H24N2O2/c19-11-15-5-1-2-6-16(15)12-20(13-17-7-3-9-21-17)14-18-8-4-10-22-18/h1-2,5-6,17-18H,3-4,7-10,12-14H2/t17-,18+. The molecule has 1 aromatic rings. The van der Waals surface area contributed by atoms with Gasteiger partial charge < -0.3 is 9.47 Å². The zero-order valence-corrected chi connectivity index (χ0v) is 13.0. The zero-order chi connectivity index (χ0) is 15.2. The Morgan fingerprint density at radius 1 is 1.05 bits per heavy atom. The lowest BCUT2D eigenvalue weighted by Gasteiger charge is -2.28. The van der Waals surface area contributed by atoms with Crippen LogP contribution in [0.3, 0.4) is 0 Å². The first-order valence-corrected chi connectivity index (χ1v) is 8.28. The number of hydrogen-bond donors (Lipinski definition) is 0. The number of nitriles is 1. The van der Waals surface area contributed by atoms with Crippen molar-refractivity contribution >= 4 is 0 Å². The van der Waals surface area contributed by atoms with Crippen LogP contribution in [0, 0.1) is 11.3 Å². The maximum atomic E-state index is 9.28. The van der Waals surface area contributed by atoms with Gasteiger partial charge in [0.2, 0.25) is 0 Å². The van der Waals surface area contributed by atoms with E-state index in [1.54, 1.807) is 0 Å². The second kappa shape index (κ2) is 7.73. The Morgan fingerprint density at radius 3 is 2.23 bits per heavy atom. The highest BCUT2D eigenvalue weighted by molar-refractivity contribution is 5.37. The second-order valence-electron chi connectivity index (χ2n) is 6.23. The maximum absolute atomic E-state index is 9.28. The first-order chi connectivity index (χ1) is 10.8. The van der Waals surface area contributed by atoms with Crippen molar-refractivity contribution < 1.29 is 9.47 Å². The van der Waals surface area contributed by atoms with Crippen LogP contribution in [0.5, 0.6) is 0 Å². The summed E-state index contributed by atoms with van der Waals surface area (Å²) in [6.45, 7) is 4.42. The molecule has 2 atom stereocenters. The van der Waals surface area contributed by atoms with Crippen LogP contribution in [-0.2, 0) is 16.0 Å². The van der Waals surface area contributed by atoms with E-state index in [2.05, 4.69) is 17.0 Å². The lowest BCUT2D eigenvalue weighted by Crippen LogP contribution is -2.37. The fourth-order valence-electron chi connectivity index (χ4n) is 3.36. The molecule has 0 radical (unpaired) electrons. The first kappa shape index (κ1) is 15.5. The summed E-state index contributed by atoms with van der Waals surface area (Å²) >= 11 is 0. The van der Waals surface area contributed by atoms with Gasteiger partial charge in [-0.05, 0) is 37.3 Å². The number of hydrogen-bond acceptors (Lipinski definition) is 4.